The van der Waals surface area contributed by atoms with Crippen LogP contribution in [-0.4, -0.2) is 47.7 Å². The zero-order chi connectivity index (χ0) is 21.5. The van der Waals surface area contributed by atoms with Crippen LogP contribution in [0.5, 0.6) is 0 Å². The molecule has 0 bridgehead atoms. The molecule has 168 valence electrons. The fraction of sp³-hybridized carbons (Fsp3) is 0.519. The highest BCUT2D eigenvalue weighted by molar-refractivity contribution is 5.84. The van der Waals surface area contributed by atoms with Crippen molar-refractivity contribution in [2.75, 3.05) is 32.8 Å². The number of aryl methyl sites for hydroxylation is 1. The molecule has 6 rings (SSSR count). The van der Waals surface area contributed by atoms with Crippen LogP contribution in [0.3, 0.4) is 0 Å². The fourth-order valence-electron chi connectivity index (χ4n) is 5.96. The van der Waals surface area contributed by atoms with Gasteiger partial charge in [0, 0.05) is 62.2 Å². The predicted molar refractivity (Wildman–Crippen MR) is 129 cm³/mol. The summed E-state index contributed by atoms with van der Waals surface area (Å²) in [6.07, 6.45) is 10.2. The summed E-state index contributed by atoms with van der Waals surface area (Å²) in [5.74, 6) is 0.785. The molecule has 32 heavy (non-hydrogen) atoms. The molecule has 0 radical (unpaired) electrons. The van der Waals surface area contributed by atoms with E-state index in [1.165, 1.54) is 78.4 Å². The third-order valence-corrected chi connectivity index (χ3v) is 7.81. The van der Waals surface area contributed by atoms with E-state index in [-0.39, 0.29) is 0 Å². The van der Waals surface area contributed by atoms with Crippen molar-refractivity contribution in [3.05, 3.63) is 52.8 Å². The van der Waals surface area contributed by atoms with Crippen LogP contribution >= 0.6 is 0 Å². The molecule has 3 aromatic rings. The third kappa shape index (κ3) is 3.87. The topological polar surface area (TPSA) is 53.2 Å². The molecule has 0 unspecified atom stereocenters. The number of aromatic nitrogens is 2. The molecule has 1 aromatic carbocycles. The predicted octanol–water partition coefficient (Wildman–Crippen LogP) is 4.75. The van der Waals surface area contributed by atoms with Crippen molar-refractivity contribution in [1.82, 2.24) is 20.2 Å². The van der Waals surface area contributed by atoms with Gasteiger partial charge in [0.1, 0.15) is 5.65 Å². The van der Waals surface area contributed by atoms with Crippen molar-refractivity contribution in [2.24, 2.45) is 5.92 Å². The lowest BCUT2D eigenvalue weighted by atomic mass is 9.86. The fourth-order valence-corrected chi connectivity index (χ4v) is 5.96. The number of nitrogens with zero attached hydrogens (tertiary/aromatic N) is 2. The SMILES string of the molecule is Cc1c[nH]c2ncc(-c3cc4c(c([C@@H]5CCCN5)c3)CCN(CC3CCOCC3)C4)cc12. The lowest BCUT2D eigenvalue weighted by Gasteiger charge is -2.35. The Morgan fingerprint density at radius 3 is 2.88 bits per heavy atom. The second kappa shape index (κ2) is 8.62. The molecule has 0 aliphatic carbocycles. The lowest BCUT2D eigenvalue weighted by molar-refractivity contribution is 0.0506. The average Bonchev–Trinajstić information content (AvgIpc) is 3.49. The van der Waals surface area contributed by atoms with Crippen molar-refractivity contribution in [2.45, 2.75) is 51.6 Å². The Labute approximate surface area is 190 Å². The van der Waals surface area contributed by atoms with Gasteiger partial charge < -0.3 is 15.0 Å². The molecule has 0 spiro atoms. The first-order valence-corrected chi connectivity index (χ1v) is 12.4. The minimum atomic E-state index is 0.497. The summed E-state index contributed by atoms with van der Waals surface area (Å²) < 4.78 is 5.58. The average molecular weight is 431 g/mol. The standard InChI is InChI=1S/C27H34N4O/c1-18-14-29-27-24(18)13-21(15-30-27)20-11-22-17-31(16-19-5-9-32-10-6-19)8-4-23(22)25(12-20)26-3-2-7-28-26/h11-15,19,26,28H,2-10,16-17H2,1H3,(H,29,30)/t26-/m0/s1. The van der Waals surface area contributed by atoms with Crippen LogP contribution in [0.1, 0.15) is 54.0 Å². The monoisotopic (exact) mass is 430 g/mol. The van der Waals surface area contributed by atoms with Gasteiger partial charge in [-0.25, -0.2) is 4.98 Å². The zero-order valence-corrected chi connectivity index (χ0v) is 19.1. The van der Waals surface area contributed by atoms with Crippen LogP contribution in [-0.2, 0) is 17.7 Å². The normalized spacial score (nSPS) is 22.5. The van der Waals surface area contributed by atoms with Crippen LogP contribution in [0.15, 0.2) is 30.6 Å². The minimum Gasteiger partial charge on any atom is -0.381 e. The lowest BCUT2D eigenvalue weighted by Crippen LogP contribution is -2.37. The van der Waals surface area contributed by atoms with E-state index in [0.717, 1.165) is 37.9 Å². The summed E-state index contributed by atoms with van der Waals surface area (Å²) in [4.78, 5) is 10.7. The summed E-state index contributed by atoms with van der Waals surface area (Å²) in [6, 6.07) is 7.72. The molecule has 2 aromatic heterocycles. The van der Waals surface area contributed by atoms with E-state index >= 15 is 0 Å². The Hall–Kier alpha value is -2.21. The second-order valence-electron chi connectivity index (χ2n) is 9.98. The van der Waals surface area contributed by atoms with Crippen LogP contribution < -0.4 is 5.32 Å². The van der Waals surface area contributed by atoms with Crippen LogP contribution in [0.4, 0.5) is 0 Å². The highest BCUT2D eigenvalue weighted by Gasteiger charge is 2.27. The van der Waals surface area contributed by atoms with E-state index in [1.807, 2.05) is 6.20 Å². The molecule has 5 heterocycles. The number of aromatic amines is 1. The van der Waals surface area contributed by atoms with E-state index in [9.17, 15) is 0 Å². The van der Waals surface area contributed by atoms with Crippen molar-refractivity contribution >= 4 is 11.0 Å². The molecule has 2 saturated heterocycles. The molecule has 0 amide bonds. The number of pyridine rings is 1. The van der Waals surface area contributed by atoms with Crippen molar-refractivity contribution in [3.8, 4) is 11.1 Å². The van der Waals surface area contributed by atoms with Crippen LogP contribution in [0.2, 0.25) is 0 Å². The second-order valence-corrected chi connectivity index (χ2v) is 9.98. The molecule has 3 aliphatic heterocycles. The highest BCUT2D eigenvalue weighted by Crippen LogP contribution is 2.36. The number of H-pyrrole nitrogens is 1. The van der Waals surface area contributed by atoms with Gasteiger partial charge in [-0.3, -0.25) is 4.90 Å². The van der Waals surface area contributed by atoms with Gasteiger partial charge in [-0.15, -0.1) is 0 Å². The van der Waals surface area contributed by atoms with Crippen molar-refractivity contribution < 1.29 is 4.74 Å². The summed E-state index contributed by atoms with van der Waals surface area (Å²) in [5.41, 5.74) is 9.43. The van der Waals surface area contributed by atoms with Gasteiger partial charge in [-0.2, -0.15) is 0 Å². The van der Waals surface area contributed by atoms with Gasteiger partial charge in [0.2, 0.25) is 0 Å². The van der Waals surface area contributed by atoms with E-state index in [2.05, 4.69) is 46.5 Å². The van der Waals surface area contributed by atoms with Gasteiger partial charge in [-0.1, -0.05) is 0 Å². The van der Waals surface area contributed by atoms with Crippen LogP contribution in [0, 0.1) is 12.8 Å². The smallest absolute Gasteiger partial charge is 0.137 e. The molecular formula is C27H34N4O. The maximum atomic E-state index is 5.58. The van der Waals surface area contributed by atoms with Crippen LogP contribution in [0.25, 0.3) is 22.2 Å². The molecule has 1 atom stereocenters. The molecule has 3 aliphatic rings. The molecule has 2 N–H and O–H groups in total. The molecular weight excluding hydrogens is 396 g/mol. The first kappa shape index (κ1) is 20.4. The maximum Gasteiger partial charge on any atom is 0.137 e. The number of fused-ring (bicyclic) bond motifs is 2. The van der Waals surface area contributed by atoms with Gasteiger partial charge in [0.25, 0.3) is 0 Å². The Bertz CT molecular complexity index is 1110. The van der Waals surface area contributed by atoms with E-state index in [4.69, 9.17) is 9.72 Å². The van der Waals surface area contributed by atoms with Crippen molar-refractivity contribution in [1.29, 1.82) is 0 Å². The third-order valence-electron chi connectivity index (χ3n) is 7.81. The Morgan fingerprint density at radius 2 is 2.03 bits per heavy atom. The summed E-state index contributed by atoms with van der Waals surface area (Å²) in [7, 11) is 0. The number of hydrogen-bond donors (Lipinski definition) is 2. The molecule has 2 fully saturated rings. The number of rotatable bonds is 4. The molecule has 5 heteroatoms. The highest BCUT2D eigenvalue weighted by atomic mass is 16.5. The number of hydrogen-bond acceptors (Lipinski definition) is 4. The number of nitrogens with one attached hydrogen (secondary N) is 2. The summed E-state index contributed by atoms with van der Waals surface area (Å²) in [6.45, 7) is 8.61. The van der Waals surface area contributed by atoms with Gasteiger partial charge in [0.05, 0.1) is 0 Å². The van der Waals surface area contributed by atoms with E-state index < -0.39 is 0 Å². The van der Waals surface area contributed by atoms with Gasteiger partial charge >= 0.3 is 0 Å². The summed E-state index contributed by atoms with van der Waals surface area (Å²) >= 11 is 0. The maximum absolute atomic E-state index is 5.58. The minimum absolute atomic E-state index is 0.497. The van der Waals surface area contributed by atoms with Crippen molar-refractivity contribution in [3.63, 3.8) is 0 Å². The Balaban J connectivity index is 1.36. The van der Waals surface area contributed by atoms with Gasteiger partial charge in [-0.05, 0) is 97.5 Å². The summed E-state index contributed by atoms with van der Waals surface area (Å²) in [5, 5.41) is 4.99. The Kier molecular flexibility index (Phi) is 5.49. The largest absolute Gasteiger partial charge is 0.381 e. The molecule has 5 nitrogen and oxygen atoms in total. The van der Waals surface area contributed by atoms with Gasteiger partial charge in [0.15, 0.2) is 0 Å². The first-order valence-electron chi connectivity index (χ1n) is 12.4. The number of ether oxygens (including phenoxy) is 1. The van der Waals surface area contributed by atoms with E-state index in [1.54, 1.807) is 5.56 Å². The quantitative estimate of drug-likeness (QED) is 0.627. The first-order chi connectivity index (χ1) is 15.7. The van der Waals surface area contributed by atoms with E-state index in [0.29, 0.717) is 6.04 Å². The Morgan fingerprint density at radius 1 is 1.12 bits per heavy atom. The molecule has 0 saturated carbocycles. The number of benzene rings is 1. The zero-order valence-electron chi connectivity index (χ0n) is 19.1.